The first kappa shape index (κ1) is 12.1. The van der Waals surface area contributed by atoms with E-state index in [1.165, 1.54) is 5.56 Å². The first-order chi connectivity index (χ1) is 7.24. The van der Waals surface area contributed by atoms with Gasteiger partial charge < -0.3 is 14.8 Å². The molecule has 15 heavy (non-hydrogen) atoms. The Morgan fingerprint density at radius 3 is 2.47 bits per heavy atom. The molecule has 0 bridgehead atoms. The molecule has 0 spiro atoms. The molecule has 1 atom stereocenters. The number of methoxy groups -OCH3 is 2. The van der Waals surface area contributed by atoms with Crippen LogP contribution in [0.2, 0.25) is 0 Å². The van der Waals surface area contributed by atoms with Crippen molar-refractivity contribution in [2.45, 2.75) is 19.3 Å². The standard InChI is InChI=1S/C11H18N2O2/c1-8-5-6-13-7-9(8)10(12-2)11(14-3)15-4/h5-7,10-12H,1-4H3. The van der Waals surface area contributed by atoms with Gasteiger partial charge in [-0.1, -0.05) is 0 Å². The minimum absolute atomic E-state index is 0.00583. The molecule has 0 saturated carbocycles. The van der Waals surface area contributed by atoms with Gasteiger partial charge in [-0.05, 0) is 31.2 Å². The maximum Gasteiger partial charge on any atom is 0.176 e. The molecule has 1 N–H and O–H groups in total. The molecule has 1 aromatic heterocycles. The van der Waals surface area contributed by atoms with Crippen LogP contribution in [0.5, 0.6) is 0 Å². The normalized spacial score (nSPS) is 13.1. The van der Waals surface area contributed by atoms with Crippen LogP contribution < -0.4 is 5.32 Å². The lowest BCUT2D eigenvalue weighted by molar-refractivity contribution is -0.123. The molecule has 84 valence electrons. The highest BCUT2D eigenvalue weighted by molar-refractivity contribution is 5.25. The Hall–Kier alpha value is -0.970. The van der Waals surface area contributed by atoms with Gasteiger partial charge in [0.1, 0.15) is 0 Å². The van der Waals surface area contributed by atoms with Gasteiger partial charge in [0, 0.05) is 26.6 Å². The summed E-state index contributed by atoms with van der Waals surface area (Å²) in [5, 5.41) is 3.17. The van der Waals surface area contributed by atoms with Crippen molar-refractivity contribution in [1.82, 2.24) is 10.3 Å². The van der Waals surface area contributed by atoms with E-state index in [0.717, 1.165) is 5.56 Å². The number of pyridine rings is 1. The third-order valence-electron chi connectivity index (χ3n) is 2.46. The van der Waals surface area contributed by atoms with Gasteiger partial charge in [-0.25, -0.2) is 0 Å². The number of hydrogen-bond donors (Lipinski definition) is 1. The summed E-state index contributed by atoms with van der Waals surface area (Å²) in [5.74, 6) is 0. The van der Waals surface area contributed by atoms with Crippen molar-refractivity contribution in [2.75, 3.05) is 21.3 Å². The fraction of sp³-hybridized carbons (Fsp3) is 0.545. The predicted molar refractivity (Wildman–Crippen MR) is 58.6 cm³/mol. The van der Waals surface area contributed by atoms with E-state index in [1.54, 1.807) is 20.4 Å². The number of rotatable bonds is 5. The van der Waals surface area contributed by atoms with E-state index >= 15 is 0 Å². The Balaban J connectivity index is 2.96. The lowest BCUT2D eigenvalue weighted by Crippen LogP contribution is -2.32. The second kappa shape index (κ2) is 5.80. The maximum atomic E-state index is 5.25. The SMILES string of the molecule is CNC(c1cnccc1C)C(OC)OC. The monoisotopic (exact) mass is 210 g/mol. The van der Waals surface area contributed by atoms with Crippen molar-refractivity contribution in [3.05, 3.63) is 29.6 Å². The highest BCUT2D eigenvalue weighted by Gasteiger charge is 2.22. The second-order valence-electron chi connectivity index (χ2n) is 3.34. The van der Waals surface area contributed by atoms with Crippen LogP contribution in [0.1, 0.15) is 17.2 Å². The highest BCUT2D eigenvalue weighted by atomic mass is 16.7. The minimum atomic E-state index is -0.308. The molecule has 0 aliphatic heterocycles. The van der Waals surface area contributed by atoms with Crippen molar-refractivity contribution >= 4 is 0 Å². The molecule has 0 aliphatic carbocycles. The summed E-state index contributed by atoms with van der Waals surface area (Å²) in [6.45, 7) is 2.05. The van der Waals surface area contributed by atoms with Crippen LogP contribution in [0, 0.1) is 6.92 Å². The summed E-state index contributed by atoms with van der Waals surface area (Å²) in [6, 6.07) is 1.97. The topological polar surface area (TPSA) is 43.4 Å². The van der Waals surface area contributed by atoms with Crippen LogP contribution in [-0.4, -0.2) is 32.5 Å². The molecule has 0 aromatic carbocycles. The molecular formula is C11H18N2O2. The number of aromatic nitrogens is 1. The van der Waals surface area contributed by atoms with Gasteiger partial charge in [0.15, 0.2) is 6.29 Å². The van der Waals surface area contributed by atoms with Crippen molar-refractivity contribution < 1.29 is 9.47 Å². The van der Waals surface area contributed by atoms with Crippen LogP contribution in [0.25, 0.3) is 0 Å². The lowest BCUT2D eigenvalue weighted by Gasteiger charge is -2.25. The first-order valence-corrected chi connectivity index (χ1v) is 4.88. The lowest BCUT2D eigenvalue weighted by atomic mass is 10.0. The summed E-state index contributed by atoms with van der Waals surface area (Å²) in [4.78, 5) is 4.11. The molecule has 1 aromatic rings. The minimum Gasteiger partial charge on any atom is -0.354 e. The molecule has 4 nitrogen and oxygen atoms in total. The first-order valence-electron chi connectivity index (χ1n) is 4.88. The molecule has 0 fully saturated rings. The van der Waals surface area contributed by atoms with Gasteiger partial charge in [0.2, 0.25) is 0 Å². The molecule has 0 radical (unpaired) electrons. The van der Waals surface area contributed by atoms with E-state index < -0.39 is 0 Å². The van der Waals surface area contributed by atoms with Gasteiger partial charge in [0.25, 0.3) is 0 Å². The van der Waals surface area contributed by atoms with E-state index in [4.69, 9.17) is 9.47 Å². The van der Waals surface area contributed by atoms with Crippen molar-refractivity contribution in [3.63, 3.8) is 0 Å². The predicted octanol–water partition coefficient (Wildman–Crippen LogP) is 1.27. The third-order valence-corrected chi connectivity index (χ3v) is 2.46. The van der Waals surface area contributed by atoms with Gasteiger partial charge in [-0.15, -0.1) is 0 Å². The summed E-state index contributed by atoms with van der Waals surface area (Å²) in [6.07, 6.45) is 3.31. The zero-order valence-corrected chi connectivity index (χ0v) is 9.65. The molecule has 0 aliphatic rings. The number of aryl methyl sites for hydroxylation is 1. The average Bonchev–Trinajstić information content (AvgIpc) is 2.27. The van der Waals surface area contributed by atoms with Gasteiger partial charge in [-0.3, -0.25) is 4.98 Å². The van der Waals surface area contributed by atoms with Crippen LogP contribution in [0.3, 0.4) is 0 Å². The number of nitrogens with zero attached hydrogens (tertiary/aromatic N) is 1. The number of nitrogens with one attached hydrogen (secondary N) is 1. The molecule has 1 rings (SSSR count). The number of likely N-dealkylation sites (N-methyl/N-ethyl adjacent to an activating group) is 1. The number of hydrogen-bond acceptors (Lipinski definition) is 4. The zero-order chi connectivity index (χ0) is 11.3. The molecule has 1 unspecified atom stereocenters. The van der Waals surface area contributed by atoms with E-state index in [9.17, 15) is 0 Å². The van der Waals surface area contributed by atoms with Crippen molar-refractivity contribution in [3.8, 4) is 0 Å². The van der Waals surface area contributed by atoms with Crippen LogP contribution >= 0.6 is 0 Å². The molecular weight excluding hydrogens is 192 g/mol. The Bertz CT molecular complexity index is 300. The van der Waals surface area contributed by atoms with Crippen molar-refractivity contribution in [1.29, 1.82) is 0 Å². The molecule has 1 heterocycles. The fourth-order valence-electron chi connectivity index (χ4n) is 1.61. The second-order valence-corrected chi connectivity index (χ2v) is 3.34. The van der Waals surface area contributed by atoms with Crippen LogP contribution in [-0.2, 0) is 9.47 Å². The van der Waals surface area contributed by atoms with E-state index in [-0.39, 0.29) is 12.3 Å². The van der Waals surface area contributed by atoms with Crippen LogP contribution in [0.4, 0.5) is 0 Å². The van der Waals surface area contributed by atoms with E-state index in [0.29, 0.717) is 0 Å². The van der Waals surface area contributed by atoms with Crippen LogP contribution in [0.15, 0.2) is 18.5 Å². The third kappa shape index (κ3) is 2.75. The van der Waals surface area contributed by atoms with Gasteiger partial charge in [0.05, 0.1) is 6.04 Å². The smallest absolute Gasteiger partial charge is 0.176 e. The summed E-state index contributed by atoms with van der Waals surface area (Å²) >= 11 is 0. The Morgan fingerprint density at radius 1 is 1.33 bits per heavy atom. The highest BCUT2D eigenvalue weighted by Crippen LogP contribution is 2.21. The quantitative estimate of drug-likeness (QED) is 0.743. The fourth-order valence-corrected chi connectivity index (χ4v) is 1.61. The molecule has 0 amide bonds. The molecule has 4 heteroatoms. The Morgan fingerprint density at radius 2 is 2.00 bits per heavy atom. The largest absolute Gasteiger partial charge is 0.354 e. The van der Waals surface area contributed by atoms with Gasteiger partial charge >= 0.3 is 0 Å². The zero-order valence-electron chi connectivity index (χ0n) is 9.65. The van der Waals surface area contributed by atoms with E-state index in [1.807, 2.05) is 26.2 Å². The van der Waals surface area contributed by atoms with Gasteiger partial charge in [-0.2, -0.15) is 0 Å². The van der Waals surface area contributed by atoms with Crippen molar-refractivity contribution in [2.24, 2.45) is 0 Å². The summed E-state index contributed by atoms with van der Waals surface area (Å²) in [7, 11) is 5.14. The Labute approximate surface area is 90.6 Å². The average molecular weight is 210 g/mol. The maximum absolute atomic E-state index is 5.25. The Kier molecular flexibility index (Phi) is 4.68. The summed E-state index contributed by atoms with van der Waals surface area (Å²) < 4.78 is 10.5. The summed E-state index contributed by atoms with van der Waals surface area (Å²) in [5.41, 5.74) is 2.26. The molecule has 0 saturated heterocycles. The van der Waals surface area contributed by atoms with E-state index in [2.05, 4.69) is 10.3 Å². The number of ether oxygens (including phenoxy) is 2.